The highest BCUT2D eigenvalue weighted by molar-refractivity contribution is 5.96. The smallest absolute Gasteiger partial charge is 0.229 e. The Kier molecular flexibility index (Phi) is 36.2. The number of carbonyl (C=O) groups excluding carboxylic acids is 2. The molecular formula is C39H78N2O2. The Morgan fingerprint density at radius 2 is 0.488 bits per heavy atom. The summed E-state index contributed by atoms with van der Waals surface area (Å²) in [4.78, 5) is 24.0. The van der Waals surface area contributed by atoms with Gasteiger partial charge in [0.2, 0.25) is 11.8 Å². The van der Waals surface area contributed by atoms with E-state index in [1.807, 2.05) is 0 Å². The molecule has 0 fully saturated rings. The summed E-state index contributed by atoms with van der Waals surface area (Å²) in [7, 11) is 0. The largest absolute Gasteiger partial charge is 0.356 e. The second-order valence-corrected chi connectivity index (χ2v) is 13.5. The molecule has 0 heterocycles. The standard InChI is InChI=1S/C39H78N2O2/c1-3-5-7-9-11-13-15-17-19-21-23-25-27-29-31-33-35-40-38(42)37-39(43)41-36-34-32-30-28-26-24-22-20-18-16-14-12-10-8-6-4-2/h3-37H2,1-2H3,(H,40,42)(H,41,43). The quantitative estimate of drug-likeness (QED) is 0.0550. The molecule has 0 rings (SSSR count). The summed E-state index contributed by atoms with van der Waals surface area (Å²) in [5.41, 5.74) is 0. The molecule has 0 aromatic heterocycles. The van der Waals surface area contributed by atoms with Gasteiger partial charge in [0.1, 0.15) is 6.42 Å². The summed E-state index contributed by atoms with van der Waals surface area (Å²) in [6, 6.07) is 0. The molecule has 0 unspecified atom stereocenters. The van der Waals surface area contributed by atoms with Crippen molar-refractivity contribution in [2.24, 2.45) is 0 Å². The number of rotatable bonds is 36. The Bertz CT molecular complexity index is 517. The zero-order valence-corrected chi connectivity index (χ0v) is 29.6. The summed E-state index contributed by atoms with van der Waals surface area (Å²) >= 11 is 0. The minimum Gasteiger partial charge on any atom is -0.356 e. The van der Waals surface area contributed by atoms with Crippen molar-refractivity contribution in [2.75, 3.05) is 13.1 Å². The lowest BCUT2D eigenvalue weighted by Gasteiger charge is -2.07. The lowest BCUT2D eigenvalue weighted by atomic mass is 10.0. The van der Waals surface area contributed by atoms with Crippen LogP contribution in [0.5, 0.6) is 0 Å². The average Bonchev–Trinajstić information content (AvgIpc) is 3.00. The zero-order chi connectivity index (χ0) is 31.3. The fourth-order valence-electron chi connectivity index (χ4n) is 6.07. The minimum absolute atomic E-state index is 0.0300. The van der Waals surface area contributed by atoms with Crippen LogP contribution in [0.3, 0.4) is 0 Å². The number of hydrogen-bond donors (Lipinski definition) is 2. The van der Waals surface area contributed by atoms with E-state index in [0.717, 1.165) is 12.8 Å². The normalized spacial score (nSPS) is 11.2. The topological polar surface area (TPSA) is 58.2 Å². The van der Waals surface area contributed by atoms with Crippen molar-refractivity contribution in [3.8, 4) is 0 Å². The van der Waals surface area contributed by atoms with E-state index in [1.54, 1.807) is 0 Å². The number of amides is 2. The number of hydrogen-bond acceptors (Lipinski definition) is 2. The first-order valence-electron chi connectivity index (χ1n) is 19.7. The van der Waals surface area contributed by atoms with Crippen molar-refractivity contribution in [3.05, 3.63) is 0 Å². The van der Waals surface area contributed by atoms with Crippen LogP contribution in [-0.2, 0) is 9.59 Å². The van der Waals surface area contributed by atoms with Crippen LogP contribution < -0.4 is 10.6 Å². The highest BCUT2D eigenvalue weighted by Gasteiger charge is 2.08. The van der Waals surface area contributed by atoms with Crippen molar-refractivity contribution in [3.63, 3.8) is 0 Å². The van der Waals surface area contributed by atoms with Gasteiger partial charge in [-0.3, -0.25) is 9.59 Å². The Labute approximate surface area is 270 Å². The fraction of sp³-hybridized carbons (Fsp3) is 0.949. The number of unbranched alkanes of at least 4 members (excludes halogenated alkanes) is 30. The molecule has 2 amide bonds. The Morgan fingerprint density at radius 1 is 0.302 bits per heavy atom. The molecule has 4 nitrogen and oxygen atoms in total. The first-order valence-corrected chi connectivity index (χ1v) is 19.7. The van der Waals surface area contributed by atoms with Gasteiger partial charge in [-0.2, -0.15) is 0 Å². The third-order valence-electron chi connectivity index (χ3n) is 9.03. The fourth-order valence-corrected chi connectivity index (χ4v) is 6.07. The maximum Gasteiger partial charge on any atom is 0.229 e. The van der Waals surface area contributed by atoms with Gasteiger partial charge >= 0.3 is 0 Å². The lowest BCUT2D eigenvalue weighted by molar-refractivity contribution is -0.129. The molecule has 0 saturated carbocycles. The van der Waals surface area contributed by atoms with E-state index in [9.17, 15) is 9.59 Å². The predicted molar refractivity (Wildman–Crippen MR) is 190 cm³/mol. The molecule has 0 bridgehead atoms. The maximum atomic E-state index is 12.0. The average molecular weight is 607 g/mol. The summed E-state index contributed by atoms with van der Waals surface area (Å²) in [6.07, 6.45) is 43.2. The lowest BCUT2D eigenvalue weighted by Crippen LogP contribution is -2.32. The third-order valence-corrected chi connectivity index (χ3v) is 9.03. The first-order chi connectivity index (χ1) is 21.2. The van der Waals surface area contributed by atoms with Crippen LogP contribution in [0.25, 0.3) is 0 Å². The molecular weight excluding hydrogens is 528 g/mol. The molecule has 0 radical (unpaired) electrons. The Morgan fingerprint density at radius 3 is 0.698 bits per heavy atom. The van der Waals surface area contributed by atoms with Gasteiger partial charge < -0.3 is 10.6 Å². The monoisotopic (exact) mass is 607 g/mol. The Hall–Kier alpha value is -1.06. The van der Waals surface area contributed by atoms with Gasteiger partial charge in [-0.05, 0) is 12.8 Å². The molecule has 4 heteroatoms. The van der Waals surface area contributed by atoms with Crippen molar-refractivity contribution < 1.29 is 9.59 Å². The van der Waals surface area contributed by atoms with Gasteiger partial charge in [-0.15, -0.1) is 0 Å². The molecule has 256 valence electrons. The van der Waals surface area contributed by atoms with Gasteiger partial charge in [0.25, 0.3) is 0 Å². The molecule has 0 aliphatic heterocycles. The first kappa shape index (κ1) is 41.9. The van der Waals surface area contributed by atoms with Crippen LogP contribution in [0, 0.1) is 0 Å². The highest BCUT2D eigenvalue weighted by atomic mass is 16.2. The minimum atomic E-state index is -0.134. The summed E-state index contributed by atoms with van der Waals surface area (Å²) in [6.45, 7) is 5.96. The highest BCUT2D eigenvalue weighted by Crippen LogP contribution is 2.15. The maximum absolute atomic E-state index is 12.0. The van der Waals surface area contributed by atoms with E-state index in [0.29, 0.717) is 13.1 Å². The van der Waals surface area contributed by atoms with Crippen LogP contribution in [0.1, 0.15) is 226 Å². The molecule has 0 spiro atoms. The van der Waals surface area contributed by atoms with Crippen molar-refractivity contribution in [1.29, 1.82) is 0 Å². The molecule has 0 aromatic rings. The van der Waals surface area contributed by atoms with Crippen LogP contribution in [-0.4, -0.2) is 24.9 Å². The Balaban J connectivity index is 3.26. The SMILES string of the molecule is CCCCCCCCCCCCCCCCCCNC(=O)CC(=O)NCCCCCCCCCCCCCCCCCC. The predicted octanol–water partition coefficient (Wildman–Crippen LogP) is 12.1. The van der Waals surface area contributed by atoms with Crippen LogP contribution in [0.2, 0.25) is 0 Å². The van der Waals surface area contributed by atoms with Gasteiger partial charge in [0.15, 0.2) is 0 Å². The van der Waals surface area contributed by atoms with E-state index in [2.05, 4.69) is 24.5 Å². The summed E-state index contributed by atoms with van der Waals surface area (Å²) < 4.78 is 0. The summed E-state index contributed by atoms with van der Waals surface area (Å²) in [5, 5.41) is 5.84. The van der Waals surface area contributed by atoms with E-state index in [-0.39, 0.29) is 18.2 Å². The van der Waals surface area contributed by atoms with Crippen molar-refractivity contribution >= 4 is 11.8 Å². The molecule has 0 aromatic carbocycles. The van der Waals surface area contributed by atoms with E-state index >= 15 is 0 Å². The molecule has 0 aliphatic rings. The van der Waals surface area contributed by atoms with Gasteiger partial charge in [0.05, 0.1) is 0 Å². The number of nitrogens with one attached hydrogen (secondary N) is 2. The van der Waals surface area contributed by atoms with Gasteiger partial charge in [-0.25, -0.2) is 0 Å². The van der Waals surface area contributed by atoms with E-state index in [1.165, 1.54) is 193 Å². The van der Waals surface area contributed by atoms with Gasteiger partial charge in [-0.1, -0.05) is 206 Å². The zero-order valence-electron chi connectivity index (χ0n) is 29.6. The third kappa shape index (κ3) is 37.0. The van der Waals surface area contributed by atoms with Crippen LogP contribution in [0.4, 0.5) is 0 Å². The van der Waals surface area contributed by atoms with E-state index < -0.39 is 0 Å². The van der Waals surface area contributed by atoms with E-state index in [4.69, 9.17) is 0 Å². The summed E-state index contributed by atoms with van der Waals surface area (Å²) in [5.74, 6) is -0.268. The molecule has 0 aliphatic carbocycles. The van der Waals surface area contributed by atoms with Crippen molar-refractivity contribution in [1.82, 2.24) is 10.6 Å². The second kappa shape index (κ2) is 37.1. The second-order valence-electron chi connectivity index (χ2n) is 13.5. The molecule has 43 heavy (non-hydrogen) atoms. The molecule has 0 saturated heterocycles. The van der Waals surface area contributed by atoms with Crippen LogP contribution >= 0.6 is 0 Å². The van der Waals surface area contributed by atoms with Gasteiger partial charge in [0, 0.05) is 13.1 Å². The molecule has 2 N–H and O–H groups in total. The van der Waals surface area contributed by atoms with Crippen LogP contribution in [0.15, 0.2) is 0 Å². The molecule has 0 atom stereocenters. The number of carbonyl (C=O) groups is 2. The van der Waals surface area contributed by atoms with Crippen molar-refractivity contribution in [2.45, 2.75) is 226 Å².